The van der Waals surface area contributed by atoms with Crippen LogP contribution < -0.4 is 30.4 Å². The molecule has 0 radical (unpaired) electrons. The van der Waals surface area contributed by atoms with Crippen molar-refractivity contribution in [1.29, 1.82) is 0 Å². The van der Waals surface area contributed by atoms with Crippen molar-refractivity contribution in [2.45, 2.75) is 131 Å². The van der Waals surface area contributed by atoms with E-state index >= 15 is 0 Å². The smallest absolute Gasteiger partial charge is 0.264 e. The number of aromatic nitrogens is 1. The highest BCUT2D eigenvalue weighted by Gasteiger charge is 2.47. The van der Waals surface area contributed by atoms with Gasteiger partial charge in [-0.1, -0.05) is 201 Å². The molecule has 4 nitrogen and oxygen atoms in total. The fourth-order valence-corrected chi connectivity index (χ4v) is 13.4. The molecule has 0 aliphatic carbocycles. The first-order valence-electron chi connectivity index (χ1n) is 29.0. The van der Waals surface area contributed by atoms with E-state index in [1.165, 1.54) is 76.1 Å². The van der Waals surface area contributed by atoms with Crippen molar-refractivity contribution in [3.63, 3.8) is 0 Å². The molecule has 10 aromatic rings. The van der Waals surface area contributed by atoms with Crippen LogP contribution in [-0.2, 0) is 27.1 Å². The van der Waals surface area contributed by atoms with Gasteiger partial charge in [0.05, 0.1) is 11.4 Å². The Morgan fingerprint density at radius 1 is 0.420 bits per heavy atom. The van der Waals surface area contributed by atoms with E-state index in [-0.39, 0.29) is 33.8 Å². The number of rotatable bonds is 7. The molecule has 0 unspecified atom stereocenters. The Balaban J connectivity index is 1.23. The highest BCUT2D eigenvalue weighted by molar-refractivity contribution is 7.33. The van der Waals surface area contributed by atoms with Gasteiger partial charge >= 0.3 is 0 Å². The molecule has 0 fully saturated rings. The molecule has 0 bridgehead atoms. The summed E-state index contributed by atoms with van der Waals surface area (Å²) >= 11 is 1.96. The quantitative estimate of drug-likeness (QED) is 0.148. The average Bonchev–Trinajstić information content (AvgIpc) is 2.21. The summed E-state index contributed by atoms with van der Waals surface area (Å²) in [7, 11) is 0. The maximum absolute atomic E-state index is 4.75. The van der Waals surface area contributed by atoms with E-state index in [0.717, 1.165) is 50.9 Å². The summed E-state index contributed by atoms with van der Waals surface area (Å²) < 4.78 is 2.64. The lowest BCUT2D eigenvalue weighted by Crippen LogP contribution is -2.60. The van der Waals surface area contributed by atoms with Crippen molar-refractivity contribution < 1.29 is 0 Å². The zero-order valence-electron chi connectivity index (χ0n) is 50.2. The molecule has 12 rings (SSSR count). The molecule has 0 atom stereocenters. The molecule has 0 N–H and O–H groups in total. The number of pyridine rings is 1. The number of nitrogens with zero attached hydrogens (tertiary/aromatic N) is 4. The predicted molar refractivity (Wildman–Crippen MR) is 353 cm³/mol. The third-order valence-electron chi connectivity index (χ3n) is 16.9. The molecule has 0 spiro atoms. The van der Waals surface area contributed by atoms with Gasteiger partial charge < -0.3 is 14.7 Å². The van der Waals surface area contributed by atoms with Crippen molar-refractivity contribution in [2.24, 2.45) is 0 Å². The summed E-state index contributed by atoms with van der Waals surface area (Å²) in [6.45, 7) is 34.5. The third-order valence-corrected chi connectivity index (χ3v) is 18.2. The number of benzene rings is 8. The summed E-state index contributed by atoms with van der Waals surface area (Å²) in [5.41, 5.74) is 23.9. The molecule has 2 aliphatic heterocycles. The largest absolute Gasteiger partial charge is 0.311 e. The average molecular weight is 1080 g/mol. The maximum atomic E-state index is 4.75. The van der Waals surface area contributed by atoms with Crippen LogP contribution in [0, 0.1) is 0 Å². The van der Waals surface area contributed by atoms with Gasteiger partial charge in [-0.15, -0.1) is 11.3 Å². The summed E-state index contributed by atoms with van der Waals surface area (Å²) in [5.74, 6) is 0. The first-order valence-corrected chi connectivity index (χ1v) is 29.9. The Morgan fingerprint density at radius 2 is 0.889 bits per heavy atom. The van der Waals surface area contributed by atoms with Gasteiger partial charge in [0.15, 0.2) is 0 Å². The van der Waals surface area contributed by atoms with Gasteiger partial charge in [-0.05, 0) is 162 Å². The van der Waals surface area contributed by atoms with E-state index in [1.54, 1.807) is 0 Å². The molecule has 0 saturated carbocycles. The van der Waals surface area contributed by atoms with Crippen LogP contribution in [0.25, 0.3) is 32.3 Å². The summed E-state index contributed by atoms with van der Waals surface area (Å²) in [6.07, 6.45) is 3.90. The molecule has 8 aromatic carbocycles. The van der Waals surface area contributed by atoms with Crippen LogP contribution >= 0.6 is 11.3 Å². The van der Waals surface area contributed by atoms with Crippen LogP contribution in [0.5, 0.6) is 0 Å². The lowest BCUT2D eigenvalue weighted by molar-refractivity contribution is 0.590. The van der Waals surface area contributed by atoms with Crippen molar-refractivity contribution in [1.82, 2.24) is 4.98 Å². The SMILES string of the molecule is CC(C)(C)c1ccc(N(c2ccc(C(C)(C)C)cc2)c2cc3c(cc2-c2ccccc2)B2c4sc5ccc(C(C)(C)C)cc5c4N(c4ccc(C(C)(C)C)cc4)c4cc(-c5cccnc5)cc(c42)N3c2ccc(C(C)(C)C)cc2)cc1. The summed E-state index contributed by atoms with van der Waals surface area (Å²) in [6, 6.07) is 70.1. The van der Waals surface area contributed by atoms with Gasteiger partial charge in [-0.3, -0.25) is 4.98 Å². The summed E-state index contributed by atoms with van der Waals surface area (Å²) in [5, 5.41) is 1.28. The molecule has 81 heavy (non-hydrogen) atoms. The molecule has 6 heteroatoms. The fraction of sp³-hybridized carbons (Fsp3) is 0.267. The van der Waals surface area contributed by atoms with E-state index < -0.39 is 0 Å². The second kappa shape index (κ2) is 19.5. The van der Waals surface area contributed by atoms with Gasteiger partial charge in [0.2, 0.25) is 0 Å². The highest BCUT2D eigenvalue weighted by atomic mass is 32.1. The maximum Gasteiger partial charge on any atom is 0.264 e. The first kappa shape index (κ1) is 54.0. The Morgan fingerprint density at radius 3 is 1.38 bits per heavy atom. The molecule has 4 heterocycles. The van der Waals surface area contributed by atoms with Crippen LogP contribution in [0.2, 0.25) is 0 Å². The Bertz CT molecular complexity index is 3920. The third kappa shape index (κ3) is 9.77. The molecular weight excluding hydrogens is 1000 g/mol. The van der Waals surface area contributed by atoms with Crippen molar-refractivity contribution in [3.8, 4) is 22.3 Å². The topological polar surface area (TPSA) is 22.6 Å². The highest BCUT2D eigenvalue weighted by Crippen LogP contribution is 2.52. The number of thiophene rings is 1. The number of fused-ring (bicyclic) bond motifs is 6. The van der Waals surface area contributed by atoms with Crippen LogP contribution in [-0.4, -0.2) is 11.7 Å². The van der Waals surface area contributed by atoms with Crippen molar-refractivity contribution in [2.75, 3.05) is 14.7 Å². The minimum absolute atomic E-state index is 0.00381. The molecule has 2 aliphatic rings. The van der Waals surface area contributed by atoms with E-state index in [0.29, 0.717) is 0 Å². The van der Waals surface area contributed by atoms with Crippen LogP contribution in [0.1, 0.15) is 132 Å². The lowest BCUT2D eigenvalue weighted by atomic mass is 9.36. The van der Waals surface area contributed by atoms with Gasteiger partial charge in [0.1, 0.15) is 0 Å². The van der Waals surface area contributed by atoms with Crippen molar-refractivity contribution >= 4 is 95.0 Å². The predicted octanol–water partition coefficient (Wildman–Crippen LogP) is 19.7. The molecule has 0 saturated heterocycles. The van der Waals surface area contributed by atoms with Gasteiger partial charge in [-0.2, -0.15) is 0 Å². The van der Waals surface area contributed by atoms with Crippen LogP contribution in [0.15, 0.2) is 194 Å². The molecule has 406 valence electrons. The molecule has 2 aromatic heterocycles. The molecular formula is C75H77BN4S. The number of anilines is 9. The second-order valence-corrected chi connectivity index (χ2v) is 29.0. The van der Waals surface area contributed by atoms with Gasteiger partial charge in [0.25, 0.3) is 6.71 Å². The number of hydrogen-bond donors (Lipinski definition) is 0. The van der Waals surface area contributed by atoms with Crippen molar-refractivity contribution in [3.05, 3.63) is 222 Å². The fourth-order valence-electron chi connectivity index (χ4n) is 12.1. The Hall–Kier alpha value is -7.67. The molecule has 0 amide bonds. The Kier molecular flexibility index (Phi) is 13.0. The van der Waals surface area contributed by atoms with Gasteiger partial charge in [0, 0.05) is 78.2 Å². The van der Waals surface area contributed by atoms with E-state index in [4.69, 9.17) is 4.98 Å². The van der Waals surface area contributed by atoms with Crippen LogP contribution in [0.3, 0.4) is 0 Å². The van der Waals surface area contributed by atoms with E-state index in [2.05, 4.69) is 301 Å². The number of hydrogen-bond acceptors (Lipinski definition) is 5. The van der Waals surface area contributed by atoms with E-state index in [1.807, 2.05) is 23.7 Å². The first-order chi connectivity index (χ1) is 38.3. The Labute approximate surface area is 487 Å². The zero-order valence-corrected chi connectivity index (χ0v) is 51.1. The zero-order chi connectivity index (χ0) is 57.1. The second-order valence-electron chi connectivity index (χ2n) is 27.9. The van der Waals surface area contributed by atoms with E-state index in [9.17, 15) is 0 Å². The monoisotopic (exact) mass is 1080 g/mol. The normalized spacial score (nSPS) is 13.5. The van der Waals surface area contributed by atoms with Crippen LogP contribution in [0.4, 0.5) is 51.2 Å². The van der Waals surface area contributed by atoms with Gasteiger partial charge in [-0.25, -0.2) is 0 Å². The standard InChI is InChI=1S/C75H77BN4S/c1-71(2,3)51-23-32-56(33-24-51)78(57-34-25-52(26-35-57)72(4,5)6)63-46-64-62(45-60(63)48-20-17-16-18-21-48)76-68-65(79(64)58-36-27-53(28-37-58)73(7,8)9)42-50(49-22-19-41-77-47-49)43-66(68)80(59-38-29-54(30-39-59)74(10,11)12)69-61-44-55(75(13,14)15)31-40-67(61)81-70(69)76/h16-47H,1-15H3. The summed E-state index contributed by atoms with van der Waals surface area (Å²) in [4.78, 5) is 12.5. The lowest BCUT2D eigenvalue weighted by Gasteiger charge is -2.44. The minimum atomic E-state index is -0.115. The minimum Gasteiger partial charge on any atom is -0.311 e.